The molecule has 12 heavy (non-hydrogen) atoms. The minimum atomic E-state index is -2.22. The molecule has 1 atom stereocenters. The van der Waals surface area contributed by atoms with Crippen molar-refractivity contribution in [1.82, 2.24) is 0 Å². The van der Waals surface area contributed by atoms with E-state index in [0.717, 1.165) is 12.6 Å². The summed E-state index contributed by atoms with van der Waals surface area (Å²) in [5.41, 5.74) is 0. The van der Waals surface area contributed by atoms with E-state index in [0.29, 0.717) is 0 Å². The second kappa shape index (κ2) is 6.68. The molecule has 0 aliphatic heterocycles. The van der Waals surface area contributed by atoms with Crippen LogP contribution in [0.2, 0.25) is 0 Å². The molecule has 0 aromatic heterocycles. The van der Waals surface area contributed by atoms with E-state index >= 15 is 0 Å². The average Bonchev–Trinajstić information content (AvgIpc) is 2.04. The van der Waals surface area contributed by atoms with Crippen LogP contribution in [0, 0.1) is 0 Å². The zero-order valence-corrected chi connectivity index (χ0v) is 9.40. The van der Waals surface area contributed by atoms with E-state index in [4.69, 9.17) is 4.52 Å². The lowest BCUT2D eigenvalue weighted by Crippen LogP contribution is -1.90. The topological polar surface area (TPSA) is 26.3 Å². The summed E-state index contributed by atoms with van der Waals surface area (Å²) in [4.78, 5) is 0. The molecular weight excluding hydrogens is 171 g/mol. The van der Waals surface area contributed by atoms with Gasteiger partial charge in [-0.15, -0.1) is 0 Å². The molecule has 0 aromatic rings. The van der Waals surface area contributed by atoms with Crippen molar-refractivity contribution in [1.29, 1.82) is 0 Å². The van der Waals surface area contributed by atoms with Crippen LogP contribution in [-0.2, 0) is 9.09 Å². The van der Waals surface area contributed by atoms with Crippen molar-refractivity contribution in [3.63, 3.8) is 0 Å². The van der Waals surface area contributed by atoms with E-state index in [1.54, 1.807) is 6.66 Å². The molecule has 0 bridgehead atoms. The van der Waals surface area contributed by atoms with Crippen LogP contribution >= 0.6 is 7.37 Å². The molecule has 0 amide bonds. The normalized spacial score (nSPS) is 15.9. The van der Waals surface area contributed by atoms with Gasteiger partial charge in [-0.25, -0.2) is 0 Å². The van der Waals surface area contributed by atoms with Gasteiger partial charge in [0.05, 0.1) is 0 Å². The fourth-order valence-electron chi connectivity index (χ4n) is 1.09. The van der Waals surface area contributed by atoms with Gasteiger partial charge in [-0.1, -0.05) is 32.6 Å². The molecule has 0 N–H and O–H groups in total. The van der Waals surface area contributed by atoms with Crippen molar-refractivity contribution in [3.8, 4) is 0 Å². The van der Waals surface area contributed by atoms with Crippen molar-refractivity contribution in [2.24, 2.45) is 0 Å². The van der Waals surface area contributed by atoms with Crippen LogP contribution in [0.3, 0.4) is 0 Å². The van der Waals surface area contributed by atoms with Crippen molar-refractivity contribution in [2.75, 3.05) is 19.9 Å². The van der Waals surface area contributed by atoms with Crippen LogP contribution in [-0.4, -0.2) is 19.9 Å². The van der Waals surface area contributed by atoms with Gasteiger partial charge in [0.2, 0.25) is 0 Å². The maximum Gasteiger partial charge on any atom is 0.199 e. The Morgan fingerprint density at radius 3 is 2.25 bits per heavy atom. The molecule has 0 saturated carbocycles. The van der Waals surface area contributed by atoms with Gasteiger partial charge < -0.3 is 4.52 Å². The first-order valence-electron chi connectivity index (χ1n) is 4.74. The molecule has 3 heteroatoms. The van der Waals surface area contributed by atoms with E-state index in [1.165, 1.54) is 32.8 Å². The van der Waals surface area contributed by atoms with E-state index in [-0.39, 0.29) is 0 Å². The van der Waals surface area contributed by atoms with Crippen LogP contribution < -0.4 is 0 Å². The molecular formula is C9H21O2P. The van der Waals surface area contributed by atoms with E-state index < -0.39 is 7.37 Å². The van der Waals surface area contributed by atoms with Gasteiger partial charge in [-0.2, -0.15) is 0 Å². The molecule has 0 heterocycles. The third-order valence-electron chi connectivity index (χ3n) is 2.05. The molecule has 0 spiro atoms. The predicted octanol–water partition coefficient (Wildman–Crippen LogP) is 3.51. The van der Waals surface area contributed by atoms with Gasteiger partial charge >= 0.3 is 0 Å². The molecule has 0 aromatic carbocycles. The molecule has 0 aliphatic rings. The van der Waals surface area contributed by atoms with Gasteiger partial charge in [-0.05, 0) is 6.42 Å². The summed E-state index contributed by atoms with van der Waals surface area (Å²) in [5, 5.41) is 0. The Labute approximate surface area is 76.1 Å². The van der Waals surface area contributed by atoms with Crippen LogP contribution in [0.1, 0.15) is 39.0 Å². The summed E-state index contributed by atoms with van der Waals surface area (Å²) in [6, 6.07) is 0. The van der Waals surface area contributed by atoms with E-state index in [1.807, 2.05) is 0 Å². The Hall–Kier alpha value is 0.190. The summed E-state index contributed by atoms with van der Waals surface area (Å²) in [6.45, 7) is 3.91. The Morgan fingerprint density at radius 1 is 1.17 bits per heavy atom. The van der Waals surface area contributed by atoms with Crippen molar-refractivity contribution >= 4 is 7.37 Å². The van der Waals surface area contributed by atoms with Gasteiger partial charge in [0.15, 0.2) is 7.37 Å². The molecule has 1 unspecified atom stereocenters. The number of hydrogen-bond donors (Lipinski definition) is 0. The maximum absolute atomic E-state index is 11.4. The summed E-state index contributed by atoms with van der Waals surface area (Å²) in [5.74, 6) is 0. The lowest BCUT2D eigenvalue weighted by atomic mass is 10.2. The van der Waals surface area contributed by atoms with Crippen molar-refractivity contribution in [2.45, 2.75) is 39.0 Å². The smallest absolute Gasteiger partial charge is 0.199 e. The highest BCUT2D eigenvalue weighted by Gasteiger charge is 2.11. The van der Waals surface area contributed by atoms with Crippen LogP contribution in [0.4, 0.5) is 0 Å². The molecule has 2 nitrogen and oxygen atoms in total. The molecule has 74 valence electrons. The zero-order chi connectivity index (χ0) is 9.45. The minimum Gasteiger partial charge on any atom is -0.332 e. The Balaban J connectivity index is 3.25. The summed E-state index contributed by atoms with van der Waals surface area (Å²) in [6.07, 6.45) is 6.79. The highest BCUT2D eigenvalue weighted by atomic mass is 31.2. The maximum atomic E-state index is 11.4. The molecule has 0 fully saturated rings. The minimum absolute atomic E-state index is 0.743. The molecule has 0 aliphatic carbocycles. The van der Waals surface area contributed by atoms with Gasteiger partial charge in [0, 0.05) is 19.9 Å². The highest BCUT2D eigenvalue weighted by molar-refractivity contribution is 7.58. The number of unbranched alkanes of at least 4 members (excludes halogenated alkanes) is 4. The van der Waals surface area contributed by atoms with Crippen LogP contribution in [0.15, 0.2) is 0 Å². The van der Waals surface area contributed by atoms with Crippen molar-refractivity contribution in [3.05, 3.63) is 0 Å². The van der Waals surface area contributed by atoms with Crippen LogP contribution in [0.25, 0.3) is 0 Å². The Morgan fingerprint density at radius 2 is 1.75 bits per heavy atom. The zero-order valence-electron chi connectivity index (χ0n) is 8.51. The number of hydrogen-bond acceptors (Lipinski definition) is 2. The Bertz CT molecular complexity index is 145. The fraction of sp³-hybridized carbons (Fsp3) is 1.00. The summed E-state index contributed by atoms with van der Waals surface area (Å²) >= 11 is 0. The Kier molecular flexibility index (Phi) is 6.78. The lowest BCUT2D eigenvalue weighted by Gasteiger charge is -2.09. The molecule has 0 radical (unpaired) electrons. The van der Waals surface area contributed by atoms with Gasteiger partial charge in [0.25, 0.3) is 0 Å². The average molecular weight is 192 g/mol. The monoisotopic (exact) mass is 192 g/mol. The fourth-order valence-corrected chi connectivity index (χ4v) is 2.07. The lowest BCUT2D eigenvalue weighted by molar-refractivity contribution is 0.397. The van der Waals surface area contributed by atoms with E-state index in [2.05, 4.69) is 6.92 Å². The predicted molar refractivity (Wildman–Crippen MR) is 54.2 cm³/mol. The van der Waals surface area contributed by atoms with E-state index in [9.17, 15) is 4.57 Å². The molecule has 0 rings (SSSR count). The van der Waals surface area contributed by atoms with Crippen molar-refractivity contribution < 1.29 is 9.09 Å². The van der Waals surface area contributed by atoms with Gasteiger partial charge in [0.1, 0.15) is 0 Å². The number of rotatable bonds is 7. The first-order valence-corrected chi connectivity index (χ1v) is 7.00. The molecule has 0 saturated heterocycles. The van der Waals surface area contributed by atoms with Crippen LogP contribution in [0.5, 0.6) is 0 Å². The third kappa shape index (κ3) is 6.87. The standard InChI is InChI=1S/C9H21O2P/c1-4-5-6-7-8-9-12(3,10)11-2/h4-9H2,1-3H3. The quantitative estimate of drug-likeness (QED) is 0.455. The SMILES string of the molecule is CCCCCCCP(C)(=O)OC. The highest BCUT2D eigenvalue weighted by Crippen LogP contribution is 2.42. The first kappa shape index (κ1) is 12.2. The summed E-state index contributed by atoms with van der Waals surface area (Å²) < 4.78 is 16.3. The van der Waals surface area contributed by atoms with Gasteiger partial charge in [-0.3, -0.25) is 4.57 Å². The summed E-state index contributed by atoms with van der Waals surface area (Å²) in [7, 11) is -0.688. The largest absolute Gasteiger partial charge is 0.332 e. The second-order valence-corrected chi connectivity index (χ2v) is 6.18. The second-order valence-electron chi connectivity index (χ2n) is 3.33. The first-order chi connectivity index (χ1) is 5.62. The third-order valence-corrected chi connectivity index (χ3v) is 3.96.